The van der Waals surface area contributed by atoms with Gasteiger partial charge >= 0.3 is 0 Å². The second-order valence-corrected chi connectivity index (χ2v) is 5.55. The highest BCUT2D eigenvalue weighted by Crippen LogP contribution is 2.24. The molecule has 1 rings (SSSR count). The molecule has 0 aliphatic heterocycles. The van der Waals surface area contributed by atoms with Crippen molar-refractivity contribution in [2.45, 2.75) is 52.1 Å². The quantitative estimate of drug-likeness (QED) is 0.782. The smallest absolute Gasteiger partial charge is 0.227 e. The number of anilines is 2. The number of hydrogen-bond donors (Lipinski definition) is 2. The molecule has 0 atom stereocenters. The number of nitrogens with one attached hydrogen (secondary N) is 2. The van der Waals surface area contributed by atoms with Crippen LogP contribution >= 0.6 is 11.6 Å². The average molecular weight is 307 g/mol. The third-order valence-electron chi connectivity index (χ3n) is 3.01. The second kappa shape index (κ2) is 7.10. The Bertz CT molecular complexity index is 580. The Labute approximate surface area is 130 Å². The van der Waals surface area contributed by atoms with Crippen molar-refractivity contribution in [2.75, 3.05) is 10.6 Å². The molecular weight excluding hydrogens is 288 g/mol. The van der Waals surface area contributed by atoms with Gasteiger partial charge in [-0.3, -0.25) is 0 Å². The second-order valence-electron chi connectivity index (χ2n) is 5.19. The summed E-state index contributed by atoms with van der Waals surface area (Å²) < 4.78 is 0. The van der Waals surface area contributed by atoms with Crippen LogP contribution in [0.4, 0.5) is 11.8 Å². The lowest BCUT2D eigenvalue weighted by atomic mass is 10.1. The minimum absolute atomic E-state index is 0.0668. The van der Waals surface area contributed by atoms with E-state index in [2.05, 4.69) is 26.7 Å². The van der Waals surface area contributed by atoms with Crippen LogP contribution in [0.5, 0.6) is 0 Å². The third kappa shape index (κ3) is 4.47. The predicted molar refractivity (Wildman–Crippen MR) is 83.1 cm³/mol. The first kappa shape index (κ1) is 17.0. The van der Waals surface area contributed by atoms with Crippen molar-refractivity contribution in [3.8, 4) is 12.1 Å². The Morgan fingerprint density at radius 2 is 1.86 bits per heavy atom. The van der Waals surface area contributed by atoms with Crippen LogP contribution in [0.15, 0.2) is 0 Å². The number of hydrogen-bond acceptors (Lipinski definition) is 6. The first-order valence-electron chi connectivity index (χ1n) is 6.80. The lowest BCUT2D eigenvalue weighted by Gasteiger charge is -2.20. The number of nitriles is 2. The molecule has 0 aliphatic carbocycles. The Balaban J connectivity index is 3.19. The van der Waals surface area contributed by atoms with Crippen LogP contribution in [0.3, 0.4) is 0 Å². The van der Waals surface area contributed by atoms with Crippen molar-refractivity contribution in [1.82, 2.24) is 9.97 Å². The summed E-state index contributed by atoms with van der Waals surface area (Å²) in [6.45, 7) is 7.51. The molecule has 0 unspecified atom stereocenters. The maximum atomic E-state index is 9.20. The minimum Gasteiger partial charge on any atom is -0.366 e. The molecule has 0 radical (unpaired) electrons. The van der Waals surface area contributed by atoms with Gasteiger partial charge in [-0.25, -0.2) is 0 Å². The lowest BCUT2D eigenvalue weighted by molar-refractivity contribution is 0.667. The molecule has 0 saturated heterocycles. The monoisotopic (exact) mass is 306 g/mol. The van der Waals surface area contributed by atoms with Gasteiger partial charge in [-0.2, -0.15) is 20.5 Å². The summed E-state index contributed by atoms with van der Waals surface area (Å²) in [5, 5.41) is 24.4. The minimum atomic E-state index is -0.830. The van der Waals surface area contributed by atoms with E-state index < -0.39 is 5.54 Å². The highest BCUT2D eigenvalue weighted by Gasteiger charge is 2.21. The van der Waals surface area contributed by atoms with Gasteiger partial charge in [0.1, 0.15) is 17.2 Å². The van der Waals surface area contributed by atoms with Gasteiger partial charge < -0.3 is 10.6 Å². The largest absolute Gasteiger partial charge is 0.366 e. The van der Waals surface area contributed by atoms with Crippen molar-refractivity contribution in [3.05, 3.63) is 10.7 Å². The Kier molecular flexibility index (Phi) is 5.75. The molecule has 1 aromatic heterocycles. The summed E-state index contributed by atoms with van der Waals surface area (Å²) in [6, 6.07) is 4.30. The molecule has 1 aromatic rings. The average Bonchev–Trinajstić information content (AvgIpc) is 2.44. The molecule has 1 heterocycles. The fraction of sp³-hybridized carbons (Fsp3) is 0.571. The van der Waals surface area contributed by atoms with E-state index in [-0.39, 0.29) is 22.7 Å². The SMILES string of the molecule is CCC(CC)Nc1nc(NC(C)(C)C#N)nc(Cl)c1C#N. The molecule has 0 saturated carbocycles. The molecular formula is C14H19ClN6. The molecule has 7 heteroatoms. The number of halogens is 1. The number of rotatable bonds is 6. The summed E-state index contributed by atoms with van der Waals surface area (Å²) in [4.78, 5) is 8.31. The fourth-order valence-corrected chi connectivity index (χ4v) is 1.90. The highest BCUT2D eigenvalue weighted by atomic mass is 35.5. The van der Waals surface area contributed by atoms with Crippen LogP contribution in [0.2, 0.25) is 5.15 Å². The van der Waals surface area contributed by atoms with Gasteiger partial charge in [0.2, 0.25) is 5.95 Å². The number of aromatic nitrogens is 2. The molecule has 0 amide bonds. The van der Waals surface area contributed by atoms with Gasteiger partial charge in [0.15, 0.2) is 11.0 Å². The molecule has 112 valence electrons. The van der Waals surface area contributed by atoms with Gasteiger partial charge in [0.05, 0.1) is 6.07 Å². The van der Waals surface area contributed by atoms with Gasteiger partial charge in [-0.05, 0) is 26.7 Å². The summed E-state index contributed by atoms with van der Waals surface area (Å²) in [5.74, 6) is 0.612. The van der Waals surface area contributed by atoms with Gasteiger partial charge in [0.25, 0.3) is 0 Å². The fourth-order valence-electron chi connectivity index (χ4n) is 1.69. The summed E-state index contributed by atoms with van der Waals surface area (Å²) in [5.41, 5.74) is -0.618. The van der Waals surface area contributed by atoms with Crippen molar-refractivity contribution >= 4 is 23.4 Å². The van der Waals surface area contributed by atoms with Crippen LogP contribution in [-0.4, -0.2) is 21.5 Å². The zero-order valence-corrected chi connectivity index (χ0v) is 13.4. The number of nitrogens with zero attached hydrogens (tertiary/aromatic N) is 4. The first-order chi connectivity index (χ1) is 9.86. The standard InChI is InChI=1S/C14H19ClN6/c1-5-9(6-2)18-12-10(7-16)11(15)19-13(20-12)21-14(3,4)8-17/h9H,5-6H2,1-4H3,(H2,18,19,20,21). The maximum Gasteiger partial charge on any atom is 0.227 e. The van der Waals surface area contributed by atoms with Crippen molar-refractivity contribution < 1.29 is 0 Å². The maximum absolute atomic E-state index is 9.20. The van der Waals surface area contributed by atoms with Crippen molar-refractivity contribution in [1.29, 1.82) is 10.5 Å². The first-order valence-corrected chi connectivity index (χ1v) is 7.18. The summed E-state index contributed by atoms with van der Waals surface area (Å²) in [7, 11) is 0. The molecule has 0 bridgehead atoms. The zero-order valence-electron chi connectivity index (χ0n) is 12.7. The Morgan fingerprint density at radius 3 is 2.33 bits per heavy atom. The summed E-state index contributed by atoms with van der Waals surface area (Å²) in [6.07, 6.45) is 1.80. The third-order valence-corrected chi connectivity index (χ3v) is 3.28. The van der Waals surface area contributed by atoms with Crippen LogP contribution in [0.1, 0.15) is 46.1 Å². The van der Waals surface area contributed by atoms with Crippen molar-refractivity contribution in [3.63, 3.8) is 0 Å². The van der Waals surface area contributed by atoms with E-state index in [1.807, 2.05) is 19.9 Å². The highest BCUT2D eigenvalue weighted by molar-refractivity contribution is 6.31. The van der Waals surface area contributed by atoms with Gasteiger partial charge in [-0.1, -0.05) is 25.4 Å². The molecule has 2 N–H and O–H groups in total. The molecule has 0 fully saturated rings. The van der Waals surface area contributed by atoms with E-state index in [0.29, 0.717) is 5.82 Å². The van der Waals surface area contributed by atoms with E-state index in [0.717, 1.165) is 12.8 Å². The van der Waals surface area contributed by atoms with Crippen LogP contribution < -0.4 is 10.6 Å². The molecule has 0 aromatic carbocycles. The van der Waals surface area contributed by atoms with E-state index >= 15 is 0 Å². The lowest BCUT2D eigenvalue weighted by Crippen LogP contribution is -2.30. The van der Waals surface area contributed by atoms with E-state index in [9.17, 15) is 5.26 Å². The molecule has 0 aliphatic rings. The zero-order chi connectivity index (χ0) is 16.0. The normalized spacial score (nSPS) is 10.9. The molecule has 21 heavy (non-hydrogen) atoms. The van der Waals surface area contributed by atoms with Gasteiger partial charge in [-0.15, -0.1) is 0 Å². The van der Waals surface area contributed by atoms with E-state index in [1.165, 1.54) is 0 Å². The Morgan fingerprint density at radius 1 is 1.24 bits per heavy atom. The predicted octanol–water partition coefficient (Wildman–Crippen LogP) is 3.32. The van der Waals surface area contributed by atoms with E-state index in [4.69, 9.17) is 16.9 Å². The molecule has 0 spiro atoms. The van der Waals surface area contributed by atoms with Crippen LogP contribution in [-0.2, 0) is 0 Å². The van der Waals surface area contributed by atoms with Crippen LogP contribution in [0.25, 0.3) is 0 Å². The summed E-state index contributed by atoms with van der Waals surface area (Å²) >= 11 is 6.04. The van der Waals surface area contributed by atoms with Crippen LogP contribution in [0, 0.1) is 22.7 Å². The van der Waals surface area contributed by atoms with Crippen molar-refractivity contribution in [2.24, 2.45) is 0 Å². The van der Waals surface area contributed by atoms with Gasteiger partial charge in [0, 0.05) is 6.04 Å². The Hall–Kier alpha value is -2.05. The topological polar surface area (TPSA) is 97.4 Å². The molecule has 6 nitrogen and oxygen atoms in total. The van der Waals surface area contributed by atoms with E-state index in [1.54, 1.807) is 13.8 Å².